The molecule has 0 aliphatic heterocycles. The number of anilines is 1. The molecule has 0 heterocycles. The molecule has 2 aromatic rings. The van der Waals surface area contributed by atoms with Gasteiger partial charge in [-0.25, -0.2) is 4.79 Å². The monoisotopic (exact) mass is 353 g/mol. The first-order valence-corrected chi connectivity index (χ1v) is 7.15. The molecule has 2 aromatic carbocycles. The van der Waals surface area contributed by atoms with Gasteiger partial charge < -0.3 is 10.4 Å². The molecule has 3 nitrogen and oxygen atoms in total. The van der Waals surface area contributed by atoms with E-state index in [1.807, 2.05) is 25.1 Å². The number of hydrogen-bond acceptors (Lipinski definition) is 2. The van der Waals surface area contributed by atoms with Crippen LogP contribution in [0.5, 0.6) is 0 Å². The Bertz CT molecular complexity index is 628. The van der Waals surface area contributed by atoms with Crippen LogP contribution in [-0.4, -0.2) is 11.1 Å². The molecular formula is C15H13BrClNO2. The summed E-state index contributed by atoms with van der Waals surface area (Å²) in [4.78, 5) is 11.5. The van der Waals surface area contributed by atoms with Crippen LogP contribution in [-0.2, 0) is 4.79 Å². The Kier molecular flexibility index (Phi) is 4.68. The lowest BCUT2D eigenvalue weighted by Crippen LogP contribution is -2.20. The van der Waals surface area contributed by atoms with E-state index in [-0.39, 0.29) is 0 Å². The topological polar surface area (TPSA) is 49.3 Å². The van der Waals surface area contributed by atoms with E-state index in [1.54, 1.807) is 24.3 Å². The first-order valence-electron chi connectivity index (χ1n) is 5.98. The maximum absolute atomic E-state index is 11.5. The van der Waals surface area contributed by atoms with E-state index in [0.717, 1.165) is 10.0 Å². The van der Waals surface area contributed by atoms with E-state index in [4.69, 9.17) is 11.6 Å². The van der Waals surface area contributed by atoms with Crippen molar-refractivity contribution in [1.82, 2.24) is 0 Å². The molecule has 0 amide bonds. The van der Waals surface area contributed by atoms with Crippen molar-refractivity contribution in [2.75, 3.05) is 5.32 Å². The molecule has 0 bridgehead atoms. The zero-order valence-electron chi connectivity index (χ0n) is 10.7. The second-order valence-corrected chi connectivity index (χ2v) is 5.72. The Morgan fingerprint density at radius 3 is 2.45 bits per heavy atom. The van der Waals surface area contributed by atoms with Crippen molar-refractivity contribution in [3.05, 3.63) is 63.1 Å². The Hall–Kier alpha value is -1.52. The van der Waals surface area contributed by atoms with Gasteiger partial charge in [-0.2, -0.15) is 0 Å². The molecule has 1 atom stereocenters. The van der Waals surface area contributed by atoms with Crippen LogP contribution < -0.4 is 5.32 Å². The summed E-state index contributed by atoms with van der Waals surface area (Å²) >= 11 is 9.24. The minimum Gasteiger partial charge on any atom is -0.479 e. The molecule has 20 heavy (non-hydrogen) atoms. The Balaban J connectivity index is 2.29. The number of carbonyl (C=O) groups is 1. The van der Waals surface area contributed by atoms with Crippen molar-refractivity contribution in [3.63, 3.8) is 0 Å². The fraction of sp³-hybridized carbons (Fsp3) is 0.133. The highest BCUT2D eigenvalue weighted by atomic mass is 79.9. The smallest absolute Gasteiger partial charge is 0.330 e. The summed E-state index contributed by atoms with van der Waals surface area (Å²) in [6.45, 7) is 1.95. The highest BCUT2D eigenvalue weighted by Crippen LogP contribution is 2.25. The molecule has 2 N–H and O–H groups in total. The number of benzene rings is 2. The van der Waals surface area contributed by atoms with Gasteiger partial charge in [-0.3, -0.25) is 0 Å². The average Bonchev–Trinajstić information content (AvgIpc) is 2.41. The number of nitrogens with one attached hydrogen (secondary N) is 1. The van der Waals surface area contributed by atoms with Crippen molar-refractivity contribution in [1.29, 1.82) is 0 Å². The molecule has 0 aliphatic rings. The number of carboxylic acid groups (broad SMARTS) is 1. The summed E-state index contributed by atoms with van der Waals surface area (Å²) < 4.78 is 0.888. The minimum atomic E-state index is -0.935. The van der Waals surface area contributed by atoms with Crippen molar-refractivity contribution >= 4 is 39.2 Å². The molecule has 104 valence electrons. The normalized spacial score (nSPS) is 11.9. The van der Waals surface area contributed by atoms with Gasteiger partial charge >= 0.3 is 5.97 Å². The van der Waals surface area contributed by atoms with E-state index in [1.165, 1.54) is 0 Å². The first kappa shape index (κ1) is 14.9. The number of aliphatic carboxylic acids is 1. The Labute approximate surface area is 130 Å². The van der Waals surface area contributed by atoms with Crippen LogP contribution in [0.25, 0.3) is 0 Å². The molecular weight excluding hydrogens is 342 g/mol. The number of carboxylic acids is 1. The second kappa shape index (κ2) is 6.29. The molecule has 0 spiro atoms. The van der Waals surface area contributed by atoms with E-state index in [9.17, 15) is 9.90 Å². The maximum Gasteiger partial charge on any atom is 0.330 e. The van der Waals surface area contributed by atoms with E-state index < -0.39 is 12.0 Å². The van der Waals surface area contributed by atoms with Gasteiger partial charge in [0.05, 0.1) is 0 Å². The lowest BCUT2D eigenvalue weighted by Gasteiger charge is -2.17. The van der Waals surface area contributed by atoms with Crippen LogP contribution in [0, 0.1) is 6.92 Å². The van der Waals surface area contributed by atoms with Gasteiger partial charge in [-0.1, -0.05) is 39.7 Å². The predicted octanol–water partition coefficient (Wildman–Crippen LogP) is 4.65. The van der Waals surface area contributed by atoms with Crippen molar-refractivity contribution in [2.45, 2.75) is 13.0 Å². The maximum atomic E-state index is 11.5. The summed E-state index contributed by atoms with van der Waals surface area (Å²) in [5.41, 5.74) is 2.45. The first-order chi connectivity index (χ1) is 9.47. The fourth-order valence-electron chi connectivity index (χ4n) is 1.79. The molecule has 0 aromatic heterocycles. The average molecular weight is 355 g/mol. The standard InChI is InChI=1S/C15H13BrClNO2/c1-9-2-3-10(8-13(9)16)14(15(19)20)18-12-6-4-11(17)5-7-12/h2-8,14,18H,1H3,(H,19,20). The molecule has 0 aliphatic carbocycles. The van der Waals surface area contributed by atoms with Crippen molar-refractivity contribution in [2.24, 2.45) is 0 Å². The number of aryl methyl sites for hydroxylation is 1. The third-order valence-electron chi connectivity index (χ3n) is 2.93. The van der Waals surface area contributed by atoms with E-state index in [0.29, 0.717) is 16.3 Å². The van der Waals surface area contributed by atoms with Crippen molar-refractivity contribution in [3.8, 4) is 0 Å². The van der Waals surface area contributed by atoms with Crippen LogP contribution in [0.3, 0.4) is 0 Å². The summed E-state index contributed by atoms with van der Waals surface area (Å²) in [5.74, 6) is -0.935. The molecule has 0 saturated heterocycles. The highest BCUT2D eigenvalue weighted by Gasteiger charge is 2.20. The van der Waals surface area contributed by atoms with Crippen LogP contribution in [0.1, 0.15) is 17.2 Å². The van der Waals surface area contributed by atoms with Crippen LogP contribution >= 0.6 is 27.5 Å². The number of halogens is 2. The lowest BCUT2D eigenvalue weighted by atomic mass is 10.0. The summed E-state index contributed by atoms with van der Waals surface area (Å²) in [7, 11) is 0. The molecule has 0 fully saturated rings. The van der Waals surface area contributed by atoms with E-state index >= 15 is 0 Å². The minimum absolute atomic E-state index is 0.612. The quantitative estimate of drug-likeness (QED) is 0.840. The molecule has 5 heteroatoms. The van der Waals surface area contributed by atoms with E-state index in [2.05, 4.69) is 21.2 Å². The summed E-state index contributed by atoms with van der Waals surface area (Å²) in [5, 5.41) is 13.0. The second-order valence-electron chi connectivity index (χ2n) is 4.43. The lowest BCUT2D eigenvalue weighted by molar-refractivity contribution is -0.138. The number of hydrogen-bond donors (Lipinski definition) is 2. The Morgan fingerprint density at radius 1 is 1.25 bits per heavy atom. The predicted molar refractivity (Wildman–Crippen MR) is 84.3 cm³/mol. The van der Waals surface area contributed by atoms with Crippen LogP contribution in [0.2, 0.25) is 5.02 Å². The SMILES string of the molecule is Cc1ccc(C(Nc2ccc(Cl)cc2)C(=O)O)cc1Br. The molecule has 0 saturated carbocycles. The zero-order chi connectivity index (χ0) is 14.7. The summed E-state index contributed by atoms with van der Waals surface area (Å²) in [6.07, 6.45) is 0. The van der Waals surface area contributed by atoms with Gasteiger partial charge in [0.25, 0.3) is 0 Å². The number of rotatable bonds is 4. The zero-order valence-corrected chi connectivity index (χ0v) is 13.1. The van der Waals surface area contributed by atoms with Gasteiger partial charge in [0.1, 0.15) is 0 Å². The van der Waals surface area contributed by atoms with Gasteiger partial charge in [0.2, 0.25) is 0 Å². The fourth-order valence-corrected chi connectivity index (χ4v) is 2.31. The largest absolute Gasteiger partial charge is 0.479 e. The van der Waals surface area contributed by atoms with Gasteiger partial charge in [-0.05, 0) is 48.4 Å². The molecule has 1 unspecified atom stereocenters. The van der Waals surface area contributed by atoms with Crippen LogP contribution in [0.15, 0.2) is 46.9 Å². The third-order valence-corrected chi connectivity index (χ3v) is 4.04. The van der Waals surface area contributed by atoms with Crippen LogP contribution in [0.4, 0.5) is 5.69 Å². The van der Waals surface area contributed by atoms with Gasteiger partial charge in [-0.15, -0.1) is 0 Å². The van der Waals surface area contributed by atoms with Gasteiger partial charge in [0, 0.05) is 15.2 Å². The Morgan fingerprint density at radius 2 is 1.90 bits per heavy atom. The summed E-state index contributed by atoms with van der Waals surface area (Å²) in [6, 6.07) is 11.6. The van der Waals surface area contributed by atoms with Crippen molar-refractivity contribution < 1.29 is 9.90 Å². The highest BCUT2D eigenvalue weighted by molar-refractivity contribution is 9.10. The third kappa shape index (κ3) is 3.52. The molecule has 2 rings (SSSR count). The molecule has 0 radical (unpaired) electrons. The van der Waals surface area contributed by atoms with Gasteiger partial charge in [0.15, 0.2) is 6.04 Å².